The zero-order chi connectivity index (χ0) is 13.7. The van der Waals surface area contributed by atoms with Gasteiger partial charge in [-0.3, -0.25) is 0 Å². The van der Waals surface area contributed by atoms with E-state index in [-0.39, 0.29) is 0 Å². The molecular formula is C15H34OSiSn. The van der Waals surface area contributed by atoms with Gasteiger partial charge in [-0.15, -0.1) is 0 Å². The van der Waals surface area contributed by atoms with E-state index in [1.165, 1.54) is 49.2 Å². The Morgan fingerprint density at radius 3 is 1.56 bits per heavy atom. The summed E-state index contributed by atoms with van der Waals surface area (Å²) >= 11 is -1.93. The maximum atomic E-state index is 6.06. The van der Waals surface area contributed by atoms with Crippen LogP contribution in [0, 0.1) is 0 Å². The first kappa shape index (κ1) is 19.0. The Bertz CT molecular complexity index is 154. The first-order valence-electron chi connectivity index (χ1n) is 8.09. The van der Waals surface area contributed by atoms with E-state index < -0.39 is 18.4 Å². The quantitative estimate of drug-likeness (QED) is 0.306. The molecule has 1 nitrogen and oxygen atoms in total. The van der Waals surface area contributed by atoms with Crippen LogP contribution < -0.4 is 0 Å². The minimum atomic E-state index is -1.93. The molecule has 108 valence electrons. The van der Waals surface area contributed by atoms with Crippen molar-refractivity contribution in [1.29, 1.82) is 0 Å². The van der Waals surface area contributed by atoms with Gasteiger partial charge < -0.3 is 0 Å². The fourth-order valence-electron chi connectivity index (χ4n) is 2.55. The van der Waals surface area contributed by atoms with Crippen LogP contribution in [-0.4, -0.2) is 32.8 Å². The van der Waals surface area contributed by atoms with Crippen LogP contribution in [0.4, 0.5) is 0 Å². The van der Waals surface area contributed by atoms with Gasteiger partial charge in [-0.05, 0) is 0 Å². The van der Waals surface area contributed by atoms with Crippen LogP contribution in [0.15, 0.2) is 0 Å². The molecule has 0 aliphatic heterocycles. The normalized spacial score (nSPS) is 12.0. The zero-order valence-corrected chi connectivity index (χ0v) is 17.0. The SMILES string of the molecule is CCC[CH2][Sn]([CH2]CCC)([CH2]CCC)[CH2]O[Si]CC. The van der Waals surface area contributed by atoms with Gasteiger partial charge in [-0.25, -0.2) is 0 Å². The van der Waals surface area contributed by atoms with Gasteiger partial charge in [0.1, 0.15) is 0 Å². The molecule has 0 aliphatic carbocycles. The fraction of sp³-hybridized carbons (Fsp3) is 1.00. The molecule has 0 N–H and O–H groups in total. The number of hydrogen-bond acceptors (Lipinski definition) is 1. The van der Waals surface area contributed by atoms with Gasteiger partial charge in [0, 0.05) is 0 Å². The van der Waals surface area contributed by atoms with Crippen molar-refractivity contribution in [2.24, 2.45) is 0 Å². The average molecular weight is 377 g/mol. The van der Waals surface area contributed by atoms with Crippen LogP contribution in [0.3, 0.4) is 0 Å². The molecule has 0 fully saturated rings. The maximum absolute atomic E-state index is 6.06. The Kier molecular flexibility index (Phi) is 13.7. The van der Waals surface area contributed by atoms with E-state index in [0.717, 1.165) is 9.76 Å². The molecule has 0 aromatic rings. The summed E-state index contributed by atoms with van der Waals surface area (Å²) in [6.45, 7) is 9.25. The molecule has 0 spiro atoms. The van der Waals surface area contributed by atoms with Crippen molar-refractivity contribution >= 4 is 28.1 Å². The number of rotatable bonds is 13. The number of hydrogen-bond donors (Lipinski definition) is 0. The molecule has 0 bridgehead atoms. The summed E-state index contributed by atoms with van der Waals surface area (Å²) in [7, 11) is 0.756. The van der Waals surface area contributed by atoms with E-state index >= 15 is 0 Å². The molecule has 18 heavy (non-hydrogen) atoms. The second-order valence-corrected chi connectivity index (χ2v) is 20.5. The van der Waals surface area contributed by atoms with E-state index in [9.17, 15) is 0 Å². The van der Waals surface area contributed by atoms with E-state index in [1.807, 2.05) is 0 Å². The van der Waals surface area contributed by atoms with Gasteiger partial charge >= 0.3 is 123 Å². The molecule has 0 heterocycles. The standard InChI is InChI=1S/3C4H9.C3H7OSi.Sn/c3*1-3-4-2;1-3-5-4-2;/h3*1,3-4H2,2H3;2-3H2,1H3;. The van der Waals surface area contributed by atoms with Crippen LogP contribution in [0.1, 0.15) is 66.2 Å². The van der Waals surface area contributed by atoms with Gasteiger partial charge in [0.2, 0.25) is 0 Å². The van der Waals surface area contributed by atoms with Gasteiger partial charge in [0.05, 0.1) is 0 Å². The summed E-state index contributed by atoms with van der Waals surface area (Å²) in [5.74, 6) is 0. The van der Waals surface area contributed by atoms with E-state index in [1.54, 1.807) is 13.3 Å². The zero-order valence-electron chi connectivity index (χ0n) is 13.2. The Morgan fingerprint density at radius 1 is 0.778 bits per heavy atom. The third kappa shape index (κ3) is 8.97. The minimum absolute atomic E-state index is 0.756. The molecular weight excluding hydrogens is 343 g/mol. The Morgan fingerprint density at radius 2 is 1.22 bits per heavy atom. The van der Waals surface area contributed by atoms with Crippen molar-refractivity contribution in [3.05, 3.63) is 0 Å². The molecule has 0 saturated heterocycles. The fourth-order valence-corrected chi connectivity index (χ4v) is 19.5. The van der Waals surface area contributed by atoms with E-state index in [0.29, 0.717) is 0 Å². The summed E-state index contributed by atoms with van der Waals surface area (Å²) in [6.07, 6.45) is 8.49. The Labute approximate surface area is 122 Å². The van der Waals surface area contributed by atoms with Gasteiger partial charge in [-0.1, -0.05) is 0 Å². The Hall–Kier alpha value is 0.976. The molecule has 0 atom stereocenters. The summed E-state index contributed by atoms with van der Waals surface area (Å²) in [5.41, 5.74) is 0. The summed E-state index contributed by atoms with van der Waals surface area (Å²) in [4.78, 5) is 0. The average Bonchev–Trinajstić information content (AvgIpc) is 2.40. The molecule has 0 amide bonds. The molecule has 0 aromatic carbocycles. The third-order valence-corrected chi connectivity index (χ3v) is 19.5. The van der Waals surface area contributed by atoms with Crippen LogP contribution in [-0.2, 0) is 4.43 Å². The van der Waals surface area contributed by atoms with E-state index in [4.69, 9.17) is 4.43 Å². The second-order valence-electron chi connectivity index (χ2n) is 5.60. The predicted molar refractivity (Wildman–Crippen MR) is 87.1 cm³/mol. The van der Waals surface area contributed by atoms with Crippen molar-refractivity contribution in [1.82, 2.24) is 0 Å². The van der Waals surface area contributed by atoms with Crippen LogP contribution in [0.5, 0.6) is 0 Å². The van der Waals surface area contributed by atoms with Gasteiger partial charge in [0.15, 0.2) is 0 Å². The van der Waals surface area contributed by atoms with Crippen molar-refractivity contribution in [3.8, 4) is 0 Å². The van der Waals surface area contributed by atoms with Gasteiger partial charge in [-0.2, -0.15) is 0 Å². The van der Waals surface area contributed by atoms with Crippen LogP contribution in [0.2, 0.25) is 19.4 Å². The molecule has 0 rings (SSSR count). The van der Waals surface area contributed by atoms with Crippen LogP contribution >= 0.6 is 0 Å². The van der Waals surface area contributed by atoms with Crippen molar-refractivity contribution < 1.29 is 4.43 Å². The molecule has 3 heteroatoms. The molecule has 0 saturated carbocycles. The van der Waals surface area contributed by atoms with Crippen LogP contribution in [0.25, 0.3) is 0 Å². The molecule has 2 radical (unpaired) electrons. The summed E-state index contributed by atoms with van der Waals surface area (Å²) in [6, 6.07) is 1.21. The van der Waals surface area contributed by atoms with Crippen molar-refractivity contribution in [3.63, 3.8) is 0 Å². The number of unbranched alkanes of at least 4 members (excludes halogenated alkanes) is 3. The summed E-state index contributed by atoms with van der Waals surface area (Å²) < 4.78 is 12.0. The molecule has 0 aliphatic rings. The monoisotopic (exact) mass is 378 g/mol. The summed E-state index contributed by atoms with van der Waals surface area (Å²) in [5, 5.41) is 0. The topological polar surface area (TPSA) is 9.23 Å². The van der Waals surface area contributed by atoms with E-state index in [2.05, 4.69) is 27.7 Å². The first-order valence-corrected chi connectivity index (χ1v) is 17.3. The first-order chi connectivity index (χ1) is 8.74. The van der Waals surface area contributed by atoms with Gasteiger partial charge in [0.25, 0.3) is 0 Å². The molecule has 0 aromatic heterocycles. The third-order valence-electron chi connectivity index (χ3n) is 3.81. The predicted octanol–water partition coefficient (Wildman–Crippen LogP) is 5.45. The molecule has 0 unspecified atom stereocenters. The van der Waals surface area contributed by atoms with Crippen molar-refractivity contribution in [2.45, 2.75) is 85.6 Å². The second kappa shape index (κ2) is 13.0. The van der Waals surface area contributed by atoms with Crippen molar-refractivity contribution in [2.75, 3.05) is 4.62 Å². The Balaban J connectivity index is 4.41.